The molecule has 2 rings (SSSR count). The molecule has 1 fully saturated rings. The van der Waals surface area contributed by atoms with Gasteiger partial charge >= 0.3 is 0 Å². The number of nitrogens with zero attached hydrogens (tertiary/aromatic N) is 1. The highest BCUT2D eigenvalue weighted by atomic mass is 19.1. The molecule has 0 aliphatic carbocycles. The van der Waals surface area contributed by atoms with E-state index in [1.807, 2.05) is 24.8 Å². The highest BCUT2D eigenvalue weighted by Crippen LogP contribution is 2.30. The second-order valence-electron chi connectivity index (χ2n) is 5.08. The zero-order valence-corrected chi connectivity index (χ0v) is 12.1. The largest absolute Gasteiger partial charge is 0.394 e. The van der Waals surface area contributed by atoms with E-state index >= 15 is 0 Å². The SMILES string of the molecule is CCNC(C)c1cccc(F)c1N1CCOC(CO)C1. The van der Waals surface area contributed by atoms with Gasteiger partial charge in [-0.05, 0) is 25.1 Å². The van der Waals surface area contributed by atoms with E-state index in [-0.39, 0.29) is 24.6 Å². The third kappa shape index (κ3) is 3.29. The lowest BCUT2D eigenvalue weighted by Crippen LogP contribution is -2.45. The highest BCUT2D eigenvalue weighted by molar-refractivity contribution is 5.56. The fourth-order valence-corrected chi connectivity index (χ4v) is 2.66. The first kappa shape index (κ1) is 15.2. The van der Waals surface area contributed by atoms with Crippen LogP contribution in [-0.2, 0) is 4.74 Å². The van der Waals surface area contributed by atoms with Crippen LogP contribution >= 0.6 is 0 Å². The molecule has 4 nitrogen and oxygen atoms in total. The Balaban J connectivity index is 2.29. The molecular weight excluding hydrogens is 259 g/mol. The molecular formula is C15H23FN2O2. The third-order valence-corrected chi connectivity index (χ3v) is 3.65. The smallest absolute Gasteiger partial charge is 0.146 e. The van der Waals surface area contributed by atoms with Crippen molar-refractivity contribution < 1.29 is 14.2 Å². The van der Waals surface area contributed by atoms with Gasteiger partial charge in [-0.3, -0.25) is 0 Å². The Morgan fingerprint density at radius 3 is 3.05 bits per heavy atom. The molecule has 0 aromatic heterocycles. The molecule has 1 aromatic carbocycles. The standard InChI is InChI=1S/C15H23FN2O2/c1-3-17-11(2)13-5-4-6-14(16)15(13)18-7-8-20-12(9-18)10-19/h4-6,11-12,17,19H,3,7-10H2,1-2H3. The second-order valence-corrected chi connectivity index (χ2v) is 5.08. The van der Waals surface area contributed by atoms with Gasteiger partial charge in [-0.2, -0.15) is 0 Å². The van der Waals surface area contributed by atoms with Crippen LogP contribution in [0.2, 0.25) is 0 Å². The number of morpholine rings is 1. The minimum atomic E-state index is -0.245. The van der Waals surface area contributed by atoms with Crippen LogP contribution in [0.15, 0.2) is 18.2 Å². The topological polar surface area (TPSA) is 44.7 Å². The maximum atomic E-state index is 14.3. The van der Waals surface area contributed by atoms with Crippen LogP contribution in [0.4, 0.5) is 10.1 Å². The lowest BCUT2D eigenvalue weighted by Gasteiger charge is -2.36. The molecule has 1 aliphatic rings. The Bertz CT molecular complexity index is 442. The number of nitrogens with one attached hydrogen (secondary N) is 1. The van der Waals surface area contributed by atoms with Crippen LogP contribution in [0, 0.1) is 5.82 Å². The van der Waals surface area contributed by atoms with Gasteiger partial charge < -0.3 is 20.1 Å². The van der Waals surface area contributed by atoms with E-state index in [4.69, 9.17) is 4.74 Å². The molecule has 0 bridgehead atoms. The first-order valence-corrected chi connectivity index (χ1v) is 7.16. The minimum Gasteiger partial charge on any atom is -0.394 e. The van der Waals surface area contributed by atoms with Gasteiger partial charge in [-0.25, -0.2) is 4.39 Å². The Morgan fingerprint density at radius 1 is 1.55 bits per heavy atom. The van der Waals surface area contributed by atoms with Crippen LogP contribution in [0.1, 0.15) is 25.5 Å². The summed E-state index contributed by atoms with van der Waals surface area (Å²) in [5.74, 6) is -0.217. The van der Waals surface area contributed by atoms with E-state index in [0.29, 0.717) is 25.4 Å². The quantitative estimate of drug-likeness (QED) is 0.863. The number of benzene rings is 1. The van der Waals surface area contributed by atoms with Gasteiger partial charge in [-0.15, -0.1) is 0 Å². The van der Waals surface area contributed by atoms with Crippen molar-refractivity contribution in [2.75, 3.05) is 37.7 Å². The maximum Gasteiger partial charge on any atom is 0.146 e. The van der Waals surface area contributed by atoms with Crippen LogP contribution in [0.25, 0.3) is 0 Å². The average Bonchev–Trinajstić information content (AvgIpc) is 2.47. The van der Waals surface area contributed by atoms with Gasteiger partial charge in [0.15, 0.2) is 0 Å². The van der Waals surface area contributed by atoms with Gasteiger partial charge in [0.1, 0.15) is 5.82 Å². The van der Waals surface area contributed by atoms with Gasteiger partial charge in [0.2, 0.25) is 0 Å². The van der Waals surface area contributed by atoms with Crippen molar-refractivity contribution >= 4 is 5.69 Å². The number of halogens is 1. The molecule has 112 valence electrons. The first-order chi connectivity index (χ1) is 9.67. The Hall–Kier alpha value is -1.17. The fraction of sp³-hybridized carbons (Fsp3) is 0.600. The summed E-state index contributed by atoms with van der Waals surface area (Å²) >= 11 is 0. The van der Waals surface area contributed by atoms with Gasteiger partial charge in [0.25, 0.3) is 0 Å². The summed E-state index contributed by atoms with van der Waals surface area (Å²) in [7, 11) is 0. The number of aliphatic hydroxyl groups is 1. The minimum absolute atomic E-state index is 0.0386. The molecule has 20 heavy (non-hydrogen) atoms. The lowest BCUT2D eigenvalue weighted by molar-refractivity contribution is 0.00334. The maximum absolute atomic E-state index is 14.3. The first-order valence-electron chi connectivity index (χ1n) is 7.16. The van der Waals surface area contributed by atoms with Gasteiger partial charge in [-0.1, -0.05) is 19.1 Å². The molecule has 1 saturated heterocycles. The van der Waals surface area contributed by atoms with Gasteiger partial charge in [0, 0.05) is 19.1 Å². The molecule has 1 aliphatic heterocycles. The second kappa shape index (κ2) is 7.02. The molecule has 0 saturated carbocycles. The predicted molar refractivity (Wildman–Crippen MR) is 77.5 cm³/mol. The third-order valence-electron chi connectivity index (χ3n) is 3.65. The normalized spacial score (nSPS) is 21.0. The molecule has 5 heteroatoms. The predicted octanol–water partition coefficient (Wildman–Crippen LogP) is 1.69. The van der Waals surface area contributed by atoms with E-state index in [9.17, 15) is 9.50 Å². The molecule has 0 amide bonds. The monoisotopic (exact) mass is 282 g/mol. The molecule has 2 N–H and O–H groups in total. The molecule has 2 unspecified atom stereocenters. The lowest BCUT2D eigenvalue weighted by atomic mass is 10.0. The summed E-state index contributed by atoms with van der Waals surface area (Å²) in [6, 6.07) is 5.27. The zero-order valence-electron chi connectivity index (χ0n) is 12.1. The summed E-state index contributed by atoms with van der Waals surface area (Å²) in [4.78, 5) is 1.98. The number of aliphatic hydroxyl groups excluding tert-OH is 1. The number of hydrogen-bond donors (Lipinski definition) is 2. The Labute approximate surface area is 119 Å². The number of anilines is 1. The summed E-state index contributed by atoms with van der Waals surface area (Å²) in [5, 5.41) is 12.5. The van der Waals surface area contributed by atoms with Crippen molar-refractivity contribution in [3.8, 4) is 0 Å². The van der Waals surface area contributed by atoms with Crippen LogP contribution < -0.4 is 10.2 Å². The summed E-state index contributed by atoms with van der Waals surface area (Å²) in [6.45, 7) is 6.53. The Morgan fingerprint density at radius 2 is 2.35 bits per heavy atom. The number of para-hydroxylation sites is 1. The van der Waals surface area contributed by atoms with Gasteiger partial charge in [0.05, 0.1) is 25.0 Å². The van der Waals surface area contributed by atoms with E-state index < -0.39 is 0 Å². The molecule has 1 aromatic rings. The van der Waals surface area contributed by atoms with Crippen molar-refractivity contribution in [2.24, 2.45) is 0 Å². The van der Waals surface area contributed by atoms with Crippen molar-refractivity contribution in [1.29, 1.82) is 0 Å². The van der Waals surface area contributed by atoms with E-state index in [2.05, 4.69) is 5.32 Å². The number of ether oxygens (including phenoxy) is 1. The van der Waals surface area contributed by atoms with E-state index in [1.54, 1.807) is 6.07 Å². The van der Waals surface area contributed by atoms with Crippen molar-refractivity contribution in [3.63, 3.8) is 0 Å². The van der Waals surface area contributed by atoms with Crippen LogP contribution in [0.3, 0.4) is 0 Å². The van der Waals surface area contributed by atoms with Crippen molar-refractivity contribution in [1.82, 2.24) is 5.32 Å². The van der Waals surface area contributed by atoms with Crippen molar-refractivity contribution in [3.05, 3.63) is 29.6 Å². The number of hydrogen-bond acceptors (Lipinski definition) is 4. The number of rotatable bonds is 5. The average molecular weight is 282 g/mol. The molecule has 0 spiro atoms. The zero-order chi connectivity index (χ0) is 14.5. The molecule has 2 atom stereocenters. The Kier molecular flexibility index (Phi) is 5.34. The highest BCUT2D eigenvalue weighted by Gasteiger charge is 2.25. The van der Waals surface area contributed by atoms with Crippen molar-refractivity contribution in [2.45, 2.75) is 26.0 Å². The molecule has 0 radical (unpaired) electrons. The fourth-order valence-electron chi connectivity index (χ4n) is 2.66. The summed E-state index contributed by atoms with van der Waals surface area (Å²) < 4.78 is 19.7. The van der Waals surface area contributed by atoms with E-state index in [1.165, 1.54) is 6.07 Å². The van der Waals surface area contributed by atoms with Crippen LogP contribution in [0.5, 0.6) is 0 Å². The summed E-state index contributed by atoms with van der Waals surface area (Å²) in [6.07, 6.45) is -0.245. The summed E-state index contributed by atoms with van der Waals surface area (Å²) in [5.41, 5.74) is 1.58. The van der Waals surface area contributed by atoms with E-state index in [0.717, 1.165) is 12.1 Å². The molecule has 1 heterocycles. The van der Waals surface area contributed by atoms with Crippen LogP contribution in [-0.4, -0.2) is 44.1 Å².